The number of hydrogen-bond acceptors (Lipinski definition) is 4. The van der Waals surface area contributed by atoms with Gasteiger partial charge in [-0.25, -0.2) is 9.50 Å². The fourth-order valence-electron chi connectivity index (χ4n) is 1.76. The number of methoxy groups -OCH3 is 1. The van der Waals surface area contributed by atoms with E-state index in [-0.39, 0.29) is 0 Å². The van der Waals surface area contributed by atoms with Crippen molar-refractivity contribution < 1.29 is 4.74 Å². The molecule has 2 aromatic heterocycles. The van der Waals surface area contributed by atoms with Gasteiger partial charge in [-0.2, -0.15) is 5.10 Å². The lowest BCUT2D eigenvalue weighted by Gasteiger charge is -2.06. The van der Waals surface area contributed by atoms with E-state index in [0.29, 0.717) is 0 Å². The lowest BCUT2D eigenvalue weighted by Crippen LogP contribution is -2.06. The van der Waals surface area contributed by atoms with Crippen molar-refractivity contribution in [3.63, 3.8) is 0 Å². The normalized spacial score (nSPS) is 10.9. The van der Waals surface area contributed by atoms with E-state index >= 15 is 0 Å². The zero-order chi connectivity index (χ0) is 12.1. The van der Waals surface area contributed by atoms with Gasteiger partial charge in [0.05, 0.1) is 5.69 Å². The van der Waals surface area contributed by atoms with Crippen molar-refractivity contribution in [2.24, 2.45) is 0 Å². The summed E-state index contributed by atoms with van der Waals surface area (Å²) in [5, 5.41) is 7.68. The molecule has 5 heteroatoms. The van der Waals surface area contributed by atoms with Crippen molar-refractivity contribution in [1.29, 1.82) is 0 Å². The van der Waals surface area contributed by atoms with E-state index in [9.17, 15) is 0 Å². The first-order valence-electron chi connectivity index (χ1n) is 5.85. The Labute approximate surface area is 101 Å². The van der Waals surface area contributed by atoms with Gasteiger partial charge in [0.1, 0.15) is 5.52 Å². The first-order valence-corrected chi connectivity index (χ1v) is 5.85. The van der Waals surface area contributed by atoms with Crippen LogP contribution in [0.15, 0.2) is 18.5 Å². The van der Waals surface area contributed by atoms with Crippen LogP contribution >= 0.6 is 0 Å². The summed E-state index contributed by atoms with van der Waals surface area (Å²) in [4.78, 5) is 4.33. The number of unbranched alkanes of at least 4 members (excludes halogenated alkanes) is 1. The molecule has 0 atom stereocenters. The van der Waals surface area contributed by atoms with Crippen LogP contribution in [0.1, 0.15) is 18.5 Å². The molecule has 2 heterocycles. The summed E-state index contributed by atoms with van der Waals surface area (Å²) >= 11 is 0. The monoisotopic (exact) mass is 234 g/mol. The Hall–Kier alpha value is -1.62. The van der Waals surface area contributed by atoms with Crippen LogP contribution in [0.5, 0.6) is 0 Å². The molecular formula is C12H18N4O. The van der Waals surface area contributed by atoms with Crippen molar-refractivity contribution >= 4 is 11.3 Å². The summed E-state index contributed by atoms with van der Waals surface area (Å²) in [6, 6.07) is 2.03. The van der Waals surface area contributed by atoms with Gasteiger partial charge in [-0.3, -0.25) is 0 Å². The number of fused-ring (bicyclic) bond motifs is 1. The van der Waals surface area contributed by atoms with Crippen LogP contribution < -0.4 is 5.32 Å². The van der Waals surface area contributed by atoms with Crippen LogP contribution in [-0.4, -0.2) is 34.9 Å². The second-order valence-electron chi connectivity index (χ2n) is 4.02. The first kappa shape index (κ1) is 11.9. The second kappa shape index (κ2) is 5.63. The minimum absolute atomic E-state index is 0.811. The third kappa shape index (κ3) is 2.94. The third-order valence-electron chi connectivity index (χ3n) is 2.58. The summed E-state index contributed by atoms with van der Waals surface area (Å²) in [5.74, 6) is 0.894. The average molecular weight is 234 g/mol. The van der Waals surface area contributed by atoms with E-state index < -0.39 is 0 Å². The zero-order valence-corrected chi connectivity index (χ0v) is 10.3. The Morgan fingerprint density at radius 1 is 1.41 bits per heavy atom. The minimum Gasteiger partial charge on any atom is -0.385 e. The van der Waals surface area contributed by atoms with Gasteiger partial charge in [-0.05, 0) is 25.8 Å². The maximum Gasteiger partial charge on any atom is 0.152 e. The van der Waals surface area contributed by atoms with E-state index in [1.807, 2.05) is 23.7 Å². The lowest BCUT2D eigenvalue weighted by atomic mass is 10.3. The fraction of sp³-hybridized carbons (Fsp3) is 0.500. The second-order valence-corrected chi connectivity index (χ2v) is 4.02. The van der Waals surface area contributed by atoms with E-state index in [1.54, 1.807) is 13.3 Å². The Balaban J connectivity index is 1.98. The van der Waals surface area contributed by atoms with Gasteiger partial charge in [-0.1, -0.05) is 0 Å². The summed E-state index contributed by atoms with van der Waals surface area (Å²) in [5.41, 5.74) is 2.03. The van der Waals surface area contributed by atoms with Gasteiger partial charge in [0.15, 0.2) is 5.82 Å². The lowest BCUT2D eigenvalue weighted by molar-refractivity contribution is 0.194. The number of anilines is 1. The molecule has 0 aliphatic carbocycles. The Bertz CT molecular complexity index is 480. The van der Waals surface area contributed by atoms with Gasteiger partial charge in [-0.15, -0.1) is 0 Å². The largest absolute Gasteiger partial charge is 0.385 e. The van der Waals surface area contributed by atoms with Crippen molar-refractivity contribution in [2.45, 2.75) is 19.8 Å². The first-order chi connectivity index (χ1) is 8.31. The molecule has 0 radical (unpaired) electrons. The molecule has 0 aliphatic heterocycles. The highest BCUT2D eigenvalue weighted by molar-refractivity contribution is 5.67. The standard InChI is InChI=1S/C12H18N4O/c1-10-9-11-12(13-5-3-4-8-17-2)14-6-7-16(11)15-10/h6-7,9H,3-5,8H2,1-2H3,(H,13,14). The van der Waals surface area contributed by atoms with Crippen LogP contribution in [0.2, 0.25) is 0 Å². The Morgan fingerprint density at radius 2 is 2.29 bits per heavy atom. The molecule has 2 rings (SSSR count). The SMILES string of the molecule is COCCCCNc1nccn2nc(C)cc12. The van der Waals surface area contributed by atoms with Gasteiger partial charge in [0.25, 0.3) is 0 Å². The Morgan fingerprint density at radius 3 is 3.12 bits per heavy atom. The smallest absolute Gasteiger partial charge is 0.152 e. The van der Waals surface area contributed by atoms with Crippen molar-refractivity contribution in [3.8, 4) is 0 Å². The maximum atomic E-state index is 5.01. The molecule has 2 aromatic rings. The highest BCUT2D eigenvalue weighted by Crippen LogP contribution is 2.14. The van der Waals surface area contributed by atoms with Crippen molar-refractivity contribution in [3.05, 3.63) is 24.2 Å². The molecule has 0 spiro atoms. The molecule has 17 heavy (non-hydrogen) atoms. The van der Waals surface area contributed by atoms with Crippen LogP contribution in [-0.2, 0) is 4.74 Å². The molecule has 5 nitrogen and oxygen atoms in total. The number of ether oxygens (including phenoxy) is 1. The molecule has 0 aliphatic rings. The van der Waals surface area contributed by atoms with Gasteiger partial charge in [0.2, 0.25) is 0 Å². The molecule has 0 aromatic carbocycles. The van der Waals surface area contributed by atoms with E-state index in [4.69, 9.17) is 4.74 Å². The molecule has 92 valence electrons. The summed E-state index contributed by atoms with van der Waals surface area (Å²) in [6.45, 7) is 3.70. The number of aromatic nitrogens is 3. The number of aryl methyl sites for hydroxylation is 1. The van der Waals surface area contributed by atoms with Crippen LogP contribution in [0.25, 0.3) is 5.52 Å². The molecular weight excluding hydrogens is 216 g/mol. The van der Waals surface area contributed by atoms with Crippen LogP contribution in [0.4, 0.5) is 5.82 Å². The molecule has 0 bridgehead atoms. The van der Waals surface area contributed by atoms with Gasteiger partial charge in [0, 0.05) is 32.7 Å². The molecule has 0 saturated carbocycles. The van der Waals surface area contributed by atoms with Gasteiger partial charge >= 0.3 is 0 Å². The predicted octanol–water partition coefficient (Wildman–Crippen LogP) is 1.88. The minimum atomic E-state index is 0.811. The number of nitrogens with zero attached hydrogens (tertiary/aromatic N) is 3. The van der Waals surface area contributed by atoms with Gasteiger partial charge < -0.3 is 10.1 Å². The highest BCUT2D eigenvalue weighted by Gasteiger charge is 2.03. The zero-order valence-electron chi connectivity index (χ0n) is 10.3. The molecule has 1 N–H and O–H groups in total. The maximum absolute atomic E-state index is 5.01. The number of rotatable bonds is 6. The van der Waals surface area contributed by atoms with E-state index in [1.165, 1.54) is 0 Å². The molecule has 0 fully saturated rings. The molecule has 0 saturated heterocycles. The van der Waals surface area contributed by atoms with Crippen LogP contribution in [0, 0.1) is 6.92 Å². The topological polar surface area (TPSA) is 51.5 Å². The quantitative estimate of drug-likeness (QED) is 0.775. The molecule has 0 amide bonds. The Kier molecular flexibility index (Phi) is 3.93. The fourth-order valence-corrected chi connectivity index (χ4v) is 1.76. The summed E-state index contributed by atoms with van der Waals surface area (Å²) in [7, 11) is 1.73. The van der Waals surface area contributed by atoms with Crippen molar-refractivity contribution in [1.82, 2.24) is 14.6 Å². The molecule has 0 unspecified atom stereocenters. The number of hydrogen-bond donors (Lipinski definition) is 1. The van der Waals surface area contributed by atoms with E-state index in [2.05, 4.69) is 15.4 Å². The summed E-state index contributed by atoms with van der Waals surface area (Å²) < 4.78 is 6.86. The highest BCUT2D eigenvalue weighted by atomic mass is 16.5. The average Bonchev–Trinajstić information content (AvgIpc) is 2.70. The number of nitrogens with one attached hydrogen (secondary N) is 1. The summed E-state index contributed by atoms with van der Waals surface area (Å²) in [6.07, 6.45) is 5.75. The van der Waals surface area contributed by atoms with E-state index in [0.717, 1.165) is 43.0 Å². The van der Waals surface area contributed by atoms with Crippen LogP contribution in [0.3, 0.4) is 0 Å². The third-order valence-corrected chi connectivity index (χ3v) is 2.58. The van der Waals surface area contributed by atoms with Crippen molar-refractivity contribution in [2.75, 3.05) is 25.6 Å². The predicted molar refractivity (Wildman–Crippen MR) is 67.3 cm³/mol.